The zero-order chi connectivity index (χ0) is 25.3. The van der Waals surface area contributed by atoms with E-state index in [1.54, 1.807) is 0 Å². The maximum atomic E-state index is 9.23. The average molecular weight is 498 g/mol. The Bertz CT molecular complexity index is 1260. The molecule has 0 bridgehead atoms. The number of nitriles is 4. The molecule has 4 nitrogen and oxygen atoms in total. The van der Waals surface area contributed by atoms with Crippen LogP contribution in [0, 0.1) is 45.3 Å². The summed E-state index contributed by atoms with van der Waals surface area (Å²) in [5.74, 6) is 0. The van der Waals surface area contributed by atoms with Gasteiger partial charge in [-0.05, 0) is 97.9 Å². The number of benzene rings is 4. The van der Waals surface area contributed by atoms with Crippen LogP contribution in [0.4, 0.5) is 0 Å². The van der Waals surface area contributed by atoms with Crippen molar-refractivity contribution >= 4 is 37.1 Å². The largest absolute Gasteiger partial charge is 0.192 e. The summed E-state index contributed by atoms with van der Waals surface area (Å²) < 4.78 is 0. The molecule has 0 aliphatic carbocycles. The van der Waals surface area contributed by atoms with Gasteiger partial charge in [-0.2, -0.15) is 21.0 Å². The van der Waals surface area contributed by atoms with Crippen molar-refractivity contribution in [1.82, 2.24) is 0 Å². The van der Waals surface area contributed by atoms with E-state index in [-0.39, 0.29) is 0 Å². The summed E-state index contributed by atoms with van der Waals surface area (Å²) in [7, 11) is -1.45. The highest BCUT2D eigenvalue weighted by Crippen LogP contribution is 2.41. The van der Waals surface area contributed by atoms with Gasteiger partial charge in [0, 0.05) is 0 Å². The zero-order valence-electron chi connectivity index (χ0n) is 19.3. The minimum Gasteiger partial charge on any atom is -0.192 e. The van der Waals surface area contributed by atoms with E-state index in [2.05, 4.69) is 24.3 Å². The summed E-state index contributed by atoms with van der Waals surface area (Å²) in [5.41, 5.74) is 2.52. The van der Waals surface area contributed by atoms with E-state index in [1.165, 1.54) is 21.2 Å². The number of nitrogens with zero attached hydrogens (tertiary/aromatic N) is 4. The lowest BCUT2D eigenvalue weighted by molar-refractivity contribution is 1.47. The normalized spacial score (nSPS) is 10.3. The summed E-state index contributed by atoms with van der Waals surface area (Å²) in [6.07, 6.45) is 1.83. The lowest BCUT2D eigenvalue weighted by atomic mass is 10.2. The summed E-state index contributed by atoms with van der Waals surface area (Å²) in [6, 6.07) is 39.9. The van der Waals surface area contributed by atoms with Crippen molar-refractivity contribution in [2.45, 2.75) is 0 Å². The number of hydrogen-bond acceptors (Lipinski definition) is 4. The molecular weight excluding hydrogens is 478 g/mol. The van der Waals surface area contributed by atoms with Gasteiger partial charge in [0.1, 0.15) is 0 Å². The lowest BCUT2D eigenvalue weighted by Gasteiger charge is -2.24. The molecule has 170 valence electrons. The Hall–Kier alpha value is -4.30. The van der Waals surface area contributed by atoms with Crippen LogP contribution in [0.5, 0.6) is 0 Å². The summed E-state index contributed by atoms with van der Waals surface area (Å²) in [4.78, 5) is 0. The van der Waals surface area contributed by atoms with Crippen LogP contribution in [0.2, 0.25) is 0 Å². The quantitative estimate of drug-likeness (QED) is 0.344. The summed E-state index contributed by atoms with van der Waals surface area (Å²) >= 11 is 0. The molecule has 0 aliphatic rings. The van der Waals surface area contributed by atoms with Crippen LogP contribution in [-0.4, -0.2) is 12.3 Å². The van der Waals surface area contributed by atoms with E-state index in [0.29, 0.717) is 22.3 Å². The van der Waals surface area contributed by atoms with Crippen LogP contribution < -0.4 is 21.2 Å². The third kappa shape index (κ3) is 5.84. The van der Waals surface area contributed by atoms with Gasteiger partial charge in [-0.3, -0.25) is 0 Å². The highest BCUT2D eigenvalue weighted by Gasteiger charge is 2.20. The minimum absolute atomic E-state index is 0.631. The second-order valence-corrected chi connectivity index (χ2v) is 12.6. The van der Waals surface area contributed by atoms with Crippen molar-refractivity contribution in [3.05, 3.63) is 119 Å². The first-order valence-electron chi connectivity index (χ1n) is 11.2. The maximum absolute atomic E-state index is 9.23. The van der Waals surface area contributed by atoms with Crippen LogP contribution in [0.3, 0.4) is 0 Å². The Morgan fingerprint density at radius 2 is 0.556 bits per heavy atom. The molecule has 0 heterocycles. The molecule has 6 heteroatoms. The van der Waals surface area contributed by atoms with E-state index in [4.69, 9.17) is 0 Å². The van der Waals surface area contributed by atoms with Crippen LogP contribution in [0.25, 0.3) is 0 Å². The monoisotopic (exact) mass is 498 g/mol. The van der Waals surface area contributed by atoms with Crippen molar-refractivity contribution in [3.8, 4) is 24.3 Å². The van der Waals surface area contributed by atoms with Gasteiger partial charge in [-0.15, -0.1) is 0 Å². The molecule has 0 N–H and O–H groups in total. The third-order valence-corrected chi connectivity index (χ3v) is 11.2. The number of rotatable bonds is 7. The van der Waals surface area contributed by atoms with Crippen molar-refractivity contribution < 1.29 is 0 Å². The maximum Gasteiger partial charge on any atom is 0.0991 e. The van der Waals surface area contributed by atoms with Gasteiger partial charge in [-0.1, -0.05) is 48.5 Å². The molecule has 36 heavy (non-hydrogen) atoms. The minimum atomic E-state index is -0.725. The Morgan fingerprint density at radius 3 is 0.722 bits per heavy atom. The molecular formula is C30H20N4P2. The van der Waals surface area contributed by atoms with E-state index in [0.717, 1.165) is 12.3 Å². The van der Waals surface area contributed by atoms with E-state index in [9.17, 15) is 21.0 Å². The van der Waals surface area contributed by atoms with Gasteiger partial charge < -0.3 is 0 Å². The molecule has 0 saturated carbocycles. The highest BCUT2D eigenvalue weighted by atomic mass is 31.1. The standard InChI is InChI=1S/C30H20N4P2/c31-19-23-1-9-27(10-2-23)35(28-11-3-24(20-32)4-12-28)17-18-36(29-13-5-25(21-33)6-14-29)30-15-7-26(22-34)8-16-30/h1-16H,17-18H2. The van der Waals surface area contributed by atoms with Crippen molar-refractivity contribution in [1.29, 1.82) is 21.0 Å². The first-order chi connectivity index (χ1) is 17.6. The fourth-order valence-corrected chi connectivity index (χ4v) is 9.14. The summed E-state index contributed by atoms with van der Waals surface area (Å²) in [6.45, 7) is 0. The van der Waals surface area contributed by atoms with Crippen molar-refractivity contribution in [2.24, 2.45) is 0 Å². The van der Waals surface area contributed by atoms with Crippen molar-refractivity contribution in [2.75, 3.05) is 12.3 Å². The fraction of sp³-hybridized carbons (Fsp3) is 0.0667. The van der Waals surface area contributed by atoms with Crippen LogP contribution in [-0.2, 0) is 0 Å². The molecule has 0 aliphatic heterocycles. The average Bonchev–Trinajstić information content (AvgIpc) is 2.96. The smallest absolute Gasteiger partial charge is 0.0991 e. The molecule has 4 rings (SSSR count). The van der Waals surface area contributed by atoms with Crippen molar-refractivity contribution in [3.63, 3.8) is 0 Å². The second kappa shape index (κ2) is 11.9. The summed E-state index contributed by atoms with van der Waals surface area (Å²) in [5, 5.41) is 41.7. The molecule has 0 atom stereocenters. The Kier molecular flexibility index (Phi) is 8.20. The first-order valence-corrected chi connectivity index (χ1v) is 14.3. The van der Waals surface area contributed by atoms with Crippen LogP contribution >= 0.6 is 15.8 Å². The lowest BCUT2D eigenvalue weighted by Crippen LogP contribution is -2.20. The molecule has 0 unspecified atom stereocenters. The van der Waals surface area contributed by atoms with Crippen LogP contribution in [0.1, 0.15) is 22.3 Å². The fourth-order valence-electron chi connectivity index (χ4n) is 3.88. The predicted octanol–water partition coefficient (Wildman–Crippen LogP) is 4.74. The molecule has 0 saturated heterocycles. The van der Waals surface area contributed by atoms with Gasteiger partial charge in [-0.25, -0.2) is 0 Å². The second-order valence-electron chi connectivity index (χ2n) is 7.94. The van der Waals surface area contributed by atoms with Gasteiger partial charge in [0.25, 0.3) is 0 Å². The van der Waals surface area contributed by atoms with Crippen LogP contribution in [0.15, 0.2) is 97.1 Å². The first kappa shape index (κ1) is 24.8. The molecule has 0 fully saturated rings. The molecule has 4 aromatic rings. The Morgan fingerprint density at radius 1 is 0.361 bits per heavy atom. The Labute approximate surface area is 213 Å². The molecule has 0 radical (unpaired) electrons. The van der Waals surface area contributed by atoms with Gasteiger partial charge in [0.15, 0.2) is 0 Å². The van der Waals surface area contributed by atoms with Gasteiger partial charge in [0.2, 0.25) is 0 Å². The van der Waals surface area contributed by atoms with E-state index >= 15 is 0 Å². The number of hydrogen-bond donors (Lipinski definition) is 0. The predicted molar refractivity (Wildman–Crippen MR) is 147 cm³/mol. The van der Waals surface area contributed by atoms with Gasteiger partial charge >= 0.3 is 0 Å². The topological polar surface area (TPSA) is 95.2 Å². The SMILES string of the molecule is N#Cc1ccc(P(CCP(c2ccc(C#N)cc2)c2ccc(C#N)cc2)c2ccc(C#N)cc2)cc1. The molecule has 0 amide bonds. The van der Waals surface area contributed by atoms with Gasteiger partial charge in [0.05, 0.1) is 46.5 Å². The van der Waals surface area contributed by atoms with E-state index in [1.807, 2.05) is 97.1 Å². The molecule has 0 aromatic heterocycles. The third-order valence-electron chi connectivity index (χ3n) is 5.78. The highest BCUT2D eigenvalue weighted by molar-refractivity contribution is 7.76. The zero-order valence-corrected chi connectivity index (χ0v) is 21.1. The Balaban J connectivity index is 1.70. The van der Waals surface area contributed by atoms with E-state index < -0.39 is 15.8 Å². The molecule has 0 spiro atoms. The molecule has 4 aromatic carbocycles.